The highest BCUT2D eigenvalue weighted by Crippen LogP contribution is 2.42. The van der Waals surface area contributed by atoms with E-state index in [0.717, 1.165) is 67.0 Å². The van der Waals surface area contributed by atoms with Gasteiger partial charge in [0.05, 0.1) is 20.4 Å². The molecule has 0 amide bonds. The second-order valence-electron chi connectivity index (χ2n) is 13.8. The maximum absolute atomic E-state index is 5.16. The summed E-state index contributed by atoms with van der Waals surface area (Å²) in [4.78, 5) is 14.9. The van der Waals surface area contributed by atoms with Crippen molar-refractivity contribution in [2.45, 2.75) is 12.8 Å². The number of hydrogen-bond donors (Lipinski definition) is 0. The third kappa shape index (κ3) is 6.70. The lowest BCUT2D eigenvalue weighted by atomic mass is 10.0. The summed E-state index contributed by atoms with van der Waals surface area (Å²) in [5.74, 6) is 0. The third-order valence-corrected chi connectivity index (χ3v) is 12.2. The van der Waals surface area contributed by atoms with Crippen molar-refractivity contribution < 1.29 is 0 Å². The Morgan fingerprint density at radius 1 is 0.411 bits per heavy atom. The maximum Gasteiger partial charge on any atom is 0.195 e. The first-order valence-electron chi connectivity index (χ1n) is 18.9. The number of anilines is 5. The van der Waals surface area contributed by atoms with Crippen LogP contribution in [0, 0.1) is 0 Å². The molecule has 268 valence electrons. The van der Waals surface area contributed by atoms with Crippen molar-refractivity contribution in [3.8, 4) is 33.4 Å². The number of para-hydroxylation sites is 1. The molecular weight excluding hydrogens is 721 g/mol. The van der Waals surface area contributed by atoms with Crippen LogP contribution in [0.25, 0.3) is 53.8 Å². The summed E-state index contributed by atoms with van der Waals surface area (Å²) >= 11 is 3.46. The molecule has 0 N–H and O–H groups in total. The van der Waals surface area contributed by atoms with E-state index in [0.29, 0.717) is 0 Å². The van der Waals surface area contributed by atoms with E-state index in [-0.39, 0.29) is 0 Å². The van der Waals surface area contributed by atoms with E-state index in [2.05, 4.69) is 204 Å². The Hall–Kier alpha value is -6.60. The minimum atomic E-state index is 0.937. The molecule has 2 heterocycles. The molecule has 6 heteroatoms. The fraction of sp³-hybridized carbons (Fsp3) is 0.0400. The van der Waals surface area contributed by atoms with Crippen LogP contribution in [0.4, 0.5) is 27.3 Å². The summed E-state index contributed by atoms with van der Waals surface area (Å²) in [7, 11) is 0. The van der Waals surface area contributed by atoms with Gasteiger partial charge in [-0.2, -0.15) is 0 Å². The number of hydrogen-bond acceptors (Lipinski definition) is 6. The van der Waals surface area contributed by atoms with Gasteiger partial charge >= 0.3 is 0 Å². The van der Waals surface area contributed by atoms with Gasteiger partial charge in [0.25, 0.3) is 0 Å². The second-order valence-corrected chi connectivity index (χ2v) is 15.8. The van der Waals surface area contributed by atoms with E-state index in [1.807, 2.05) is 0 Å². The molecule has 0 unspecified atom stereocenters. The van der Waals surface area contributed by atoms with E-state index in [1.54, 1.807) is 22.7 Å². The molecule has 0 fully saturated rings. The Labute approximate surface area is 334 Å². The molecule has 9 aromatic rings. The van der Waals surface area contributed by atoms with Crippen LogP contribution < -0.4 is 9.80 Å². The Balaban J connectivity index is 0.956. The van der Waals surface area contributed by atoms with Crippen molar-refractivity contribution in [2.24, 2.45) is 0 Å². The van der Waals surface area contributed by atoms with Gasteiger partial charge in [0.2, 0.25) is 0 Å². The summed E-state index contributed by atoms with van der Waals surface area (Å²) < 4.78 is 2.35. The van der Waals surface area contributed by atoms with Gasteiger partial charge in [-0.15, -0.1) is 0 Å². The van der Waals surface area contributed by atoms with Crippen molar-refractivity contribution in [3.63, 3.8) is 0 Å². The minimum Gasteiger partial charge on any atom is -0.290 e. The number of rotatable bonds is 9. The van der Waals surface area contributed by atoms with Crippen LogP contribution in [-0.2, 0) is 0 Å². The molecule has 0 atom stereocenters. The molecule has 0 bridgehead atoms. The van der Waals surface area contributed by atoms with Crippen LogP contribution in [0.2, 0.25) is 0 Å². The second kappa shape index (κ2) is 14.9. The van der Waals surface area contributed by atoms with Crippen LogP contribution in [-0.4, -0.2) is 9.97 Å². The van der Waals surface area contributed by atoms with Gasteiger partial charge in [-0.05, 0) is 113 Å². The lowest BCUT2D eigenvalue weighted by molar-refractivity contribution is 0.915. The van der Waals surface area contributed by atoms with Crippen molar-refractivity contribution in [3.05, 3.63) is 200 Å². The summed E-state index contributed by atoms with van der Waals surface area (Å²) in [5, 5.41) is 1.92. The molecule has 0 saturated heterocycles. The van der Waals surface area contributed by atoms with Gasteiger partial charge < -0.3 is 0 Å². The van der Waals surface area contributed by atoms with E-state index in [1.165, 1.54) is 32.7 Å². The number of benzene rings is 7. The van der Waals surface area contributed by atoms with E-state index in [4.69, 9.17) is 9.97 Å². The van der Waals surface area contributed by atoms with Gasteiger partial charge in [0.15, 0.2) is 10.3 Å². The smallest absolute Gasteiger partial charge is 0.195 e. The Morgan fingerprint density at radius 3 is 1.34 bits per heavy atom. The number of aromatic nitrogens is 2. The Bertz CT molecular complexity index is 2840. The molecule has 4 nitrogen and oxygen atoms in total. The van der Waals surface area contributed by atoms with E-state index in [9.17, 15) is 0 Å². The van der Waals surface area contributed by atoms with Crippen LogP contribution in [0.5, 0.6) is 0 Å². The maximum atomic E-state index is 5.16. The lowest BCUT2D eigenvalue weighted by Crippen LogP contribution is -2.17. The van der Waals surface area contributed by atoms with Crippen LogP contribution in [0.3, 0.4) is 0 Å². The quantitative estimate of drug-likeness (QED) is 0.147. The van der Waals surface area contributed by atoms with Gasteiger partial charge in [0, 0.05) is 22.8 Å². The van der Waals surface area contributed by atoms with Gasteiger partial charge in [-0.3, -0.25) is 9.80 Å². The normalized spacial score (nSPS) is 12.5. The molecule has 7 aromatic carbocycles. The fourth-order valence-electron chi connectivity index (χ4n) is 7.36. The molecule has 0 saturated carbocycles. The fourth-order valence-corrected chi connectivity index (χ4v) is 9.47. The summed E-state index contributed by atoms with van der Waals surface area (Å²) in [6, 6.07) is 62.5. The average molecular weight is 757 g/mol. The molecule has 0 aliphatic heterocycles. The zero-order valence-electron chi connectivity index (χ0n) is 30.5. The number of nitrogens with zero attached hydrogens (tertiary/aromatic N) is 4. The predicted molar refractivity (Wildman–Crippen MR) is 239 cm³/mol. The standard InChI is InChI=1S/C50H36N4S2/c1-5-13-35(14-6-1)39-25-31-45-47(33-39)55-49(51-45)53(41-17-9-3-10-18-41)43-27-21-37(22-28-43)38-23-29-44(30-24-38)54(42-19-11-4-12-20-42)50-52-46-32-26-40(34-48(46)56-50)36-15-7-2-8-16-36/h1-11,13-19,21-34H,12,20H2. The first kappa shape index (κ1) is 33.9. The minimum absolute atomic E-state index is 0.937. The lowest BCUT2D eigenvalue weighted by Gasteiger charge is -2.26. The molecule has 1 aliphatic rings. The van der Waals surface area contributed by atoms with Crippen molar-refractivity contribution in [1.82, 2.24) is 9.97 Å². The predicted octanol–water partition coefficient (Wildman–Crippen LogP) is 14.7. The molecular formula is C50H36N4S2. The molecule has 0 spiro atoms. The summed E-state index contributed by atoms with van der Waals surface area (Å²) in [6.07, 6.45) is 8.60. The van der Waals surface area contributed by atoms with Crippen molar-refractivity contribution in [2.75, 3.05) is 9.80 Å². The molecule has 56 heavy (non-hydrogen) atoms. The highest BCUT2D eigenvalue weighted by atomic mass is 32.1. The van der Waals surface area contributed by atoms with Crippen molar-refractivity contribution in [1.29, 1.82) is 0 Å². The molecule has 1 aliphatic carbocycles. The first-order chi connectivity index (χ1) is 27.7. The molecule has 2 aromatic heterocycles. The van der Waals surface area contributed by atoms with Gasteiger partial charge in [0.1, 0.15) is 0 Å². The van der Waals surface area contributed by atoms with Crippen LogP contribution in [0.15, 0.2) is 200 Å². The summed E-state index contributed by atoms with van der Waals surface area (Å²) in [6.45, 7) is 0. The Kier molecular flexibility index (Phi) is 9.03. The monoisotopic (exact) mass is 756 g/mol. The number of allylic oxidation sites excluding steroid dienone is 4. The number of thiazole rings is 2. The van der Waals surface area contributed by atoms with Crippen LogP contribution >= 0.6 is 22.7 Å². The topological polar surface area (TPSA) is 32.3 Å². The third-order valence-electron chi connectivity index (χ3n) is 10.2. The SMILES string of the molecule is C1=CCCC(N(c2ccc(-c3ccc(N(c4ccccc4)c4nc5ccc(-c6ccccc6)cc5s4)cc3)cc2)c2nc3ccc(-c4ccccc4)cc3s2)=C1. The number of fused-ring (bicyclic) bond motifs is 2. The summed E-state index contributed by atoms with van der Waals surface area (Å²) in [5.41, 5.74) is 13.7. The zero-order valence-corrected chi connectivity index (χ0v) is 32.1. The van der Waals surface area contributed by atoms with Crippen LogP contribution in [0.1, 0.15) is 12.8 Å². The zero-order chi connectivity index (χ0) is 37.3. The van der Waals surface area contributed by atoms with E-state index >= 15 is 0 Å². The van der Waals surface area contributed by atoms with Gasteiger partial charge in [-0.25, -0.2) is 9.97 Å². The van der Waals surface area contributed by atoms with E-state index < -0.39 is 0 Å². The average Bonchev–Trinajstić information content (AvgIpc) is 3.89. The first-order valence-corrected chi connectivity index (χ1v) is 20.5. The van der Waals surface area contributed by atoms with Crippen molar-refractivity contribution >= 4 is 70.4 Å². The molecule has 0 radical (unpaired) electrons. The molecule has 10 rings (SSSR count). The van der Waals surface area contributed by atoms with Gasteiger partial charge in [-0.1, -0.05) is 150 Å². The largest absolute Gasteiger partial charge is 0.290 e. The Morgan fingerprint density at radius 2 is 0.839 bits per heavy atom. The highest BCUT2D eigenvalue weighted by Gasteiger charge is 2.21. The highest BCUT2D eigenvalue weighted by molar-refractivity contribution is 7.22.